The Balaban J connectivity index is 2.12. The van der Waals surface area contributed by atoms with Crippen LogP contribution < -0.4 is 5.32 Å². The highest BCUT2D eigenvalue weighted by Crippen LogP contribution is 2.32. The van der Waals surface area contributed by atoms with Crippen LogP contribution in [0.4, 0.5) is 0 Å². The molecule has 1 unspecified atom stereocenters. The minimum absolute atomic E-state index is 0.314. The number of benzene rings is 1. The quantitative estimate of drug-likeness (QED) is 0.820. The number of phenols is 1. The molecule has 1 aromatic rings. The second-order valence-electron chi connectivity index (χ2n) is 6.27. The fourth-order valence-electron chi connectivity index (χ4n) is 2.44. The maximum absolute atomic E-state index is 9.51. The average molecular weight is 233 g/mol. The number of aromatic hydroxyl groups is 1. The first-order valence-corrected chi connectivity index (χ1v) is 6.51. The Morgan fingerprint density at radius 3 is 2.82 bits per heavy atom. The van der Waals surface area contributed by atoms with Gasteiger partial charge in [-0.25, -0.2) is 0 Å². The highest BCUT2D eigenvalue weighted by molar-refractivity contribution is 5.38. The third-order valence-corrected chi connectivity index (χ3v) is 3.32. The molecule has 0 fully saturated rings. The summed E-state index contributed by atoms with van der Waals surface area (Å²) in [6.07, 6.45) is 3.50. The van der Waals surface area contributed by atoms with Crippen LogP contribution in [0.15, 0.2) is 18.2 Å². The molecule has 94 valence electrons. The summed E-state index contributed by atoms with van der Waals surface area (Å²) in [4.78, 5) is 0. The zero-order chi connectivity index (χ0) is 12.5. The van der Waals surface area contributed by atoms with Crippen molar-refractivity contribution in [3.05, 3.63) is 29.3 Å². The Hall–Kier alpha value is -1.02. The third kappa shape index (κ3) is 3.22. The second kappa shape index (κ2) is 4.69. The Morgan fingerprint density at radius 2 is 2.12 bits per heavy atom. The van der Waals surface area contributed by atoms with Crippen LogP contribution in [0, 0.1) is 5.41 Å². The van der Waals surface area contributed by atoms with Gasteiger partial charge in [-0.05, 0) is 47.9 Å². The van der Waals surface area contributed by atoms with E-state index in [4.69, 9.17) is 0 Å². The van der Waals surface area contributed by atoms with Crippen LogP contribution in [0.2, 0.25) is 0 Å². The first kappa shape index (κ1) is 12.4. The van der Waals surface area contributed by atoms with E-state index in [-0.39, 0.29) is 0 Å². The van der Waals surface area contributed by atoms with Crippen molar-refractivity contribution < 1.29 is 5.11 Å². The molecule has 2 nitrogen and oxygen atoms in total. The summed E-state index contributed by atoms with van der Waals surface area (Å²) in [7, 11) is 0. The standard InChI is InChI=1S/C15H23NO/c1-15(2,3)10-16-14-6-4-5-11-9-12(17)7-8-13(11)14/h7-9,14,16-17H,4-6,10H2,1-3H3. The molecule has 1 aliphatic carbocycles. The maximum atomic E-state index is 9.51. The normalized spacial score (nSPS) is 20.1. The zero-order valence-corrected chi connectivity index (χ0v) is 11.1. The van der Waals surface area contributed by atoms with Crippen molar-refractivity contribution in [3.8, 4) is 5.75 Å². The molecule has 0 amide bonds. The monoisotopic (exact) mass is 233 g/mol. The molecule has 17 heavy (non-hydrogen) atoms. The molecule has 1 aromatic carbocycles. The molecule has 0 saturated heterocycles. The number of nitrogens with one attached hydrogen (secondary N) is 1. The summed E-state index contributed by atoms with van der Waals surface area (Å²) in [6.45, 7) is 7.78. The molecule has 0 aromatic heterocycles. The Morgan fingerprint density at radius 1 is 1.35 bits per heavy atom. The Kier molecular flexibility index (Phi) is 3.43. The van der Waals surface area contributed by atoms with Crippen LogP contribution in [0.1, 0.15) is 50.8 Å². The summed E-state index contributed by atoms with van der Waals surface area (Å²) in [6, 6.07) is 6.25. The van der Waals surface area contributed by atoms with Crippen molar-refractivity contribution in [3.63, 3.8) is 0 Å². The van der Waals surface area contributed by atoms with Gasteiger partial charge in [0.25, 0.3) is 0 Å². The van der Waals surface area contributed by atoms with Gasteiger partial charge in [0.05, 0.1) is 0 Å². The fraction of sp³-hybridized carbons (Fsp3) is 0.600. The van der Waals surface area contributed by atoms with Gasteiger partial charge in [-0.15, -0.1) is 0 Å². The van der Waals surface area contributed by atoms with E-state index in [1.807, 2.05) is 6.07 Å². The minimum atomic E-state index is 0.314. The minimum Gasteiger partial charge on any atom is -0.508 e. The molecule has 0 radical (unpaired) electrons. The van der Waals surface area contributed by atoms with Gasteiger partial charge in [0.15, 0.2) is 0 Å². The molecule has 1 aliphatic rings. The lowest BCUT2D eigenvalue weighted by atomic mass is 9.86. The van der Waals surface area contributed by atoms with E-state index in [0.29, 0.717) is 17.2 Å². The molecule has 0 heterocycles. The van der Waals surface area contributed by atoms with E-state index in [9.17, 15) is 5.11 Å². The van der Waals surface area contributed by atoms with Crippen LogP contribution in [-0.2, 0) is 6.42 Å². The van der Waals surface area contributed by atoms with Gasteiger partial charge >= 0.3 is 0 Å². The molecule has 0 saturated carbocycles. The van der Waals surface area contributed by atoms with E-state index < -0.39 is 0 Å². The maximum Gasteiger partial charge on any atom is 0.115 e. The van der Waals surface area contributed by atoms with Crippen molar-refractivity contribution in [2.45, 2.75) is 46.1 Å². The predicted octanol–water partition coefficient (Wildman–Crippen LogP) is 3.41. The zero-order valence-electron chi connectivity index (χ0n) is 11.1. The molecule has 2 N–H and O–H groups in total. The van der Waals surface area contributed by atoms with Gasteiger partial charge in [-0.1, -0.05) is 26.8 Å². The molecule has 2 rings (SSSR count). The highest BCUT2D eigenvalue weighted by Gasteiger charge is 2.21. The first-order chi connectivity index (χ1) is 7.96. The lowest BCUT2D eigenvalue weighted by Crippen LogP contribution is -2.32. The van der Waals surface area contributed by atoms with E-state index in [0.717, 1.165) is 13.0 Å². The van der Waals surface area contributed by atoms with Crippen molar-refractivity contribution in [1.29, 1.82) is 0 Å². The summed E-state index contributed by atoms with van der Waals surface area (Å²) in [5, 5.41) is 13.2. The predicted molar refractivity (Wildman–Crippen MR) is 71.2 cm³/mol. The second-order valence-corrected chi connectivity index (χ2v) is 6.27. The summed E-state index contributed by atoms with van der Waals surface area (Å²) in [5.41, 5.74) is 3.00. The third-order valence-electron chi connectivity index (χ3n) is 3.32. The van der Waals surface area contributed by atoms with Gasteiger partial charge in [0.2, 0.25) is 0 Å². The smallest absolute Gasteiger partial charge is 0.115 e. The first-order valence-electron chi connectivity index (χ1n) is 6.51. The van der Waals surface area contributed by atoms with E-state index >= 15 is 0 Å². The van der Waals surface area contributed by atoms with E-state index in [2.05, 4.69) is 32.2 Å². The average Bonchev–Trinajstić information content (AvgIpc) is 2.24. The van der Waals surface area contributed by atoms with Crippen molar-refractivity contribution in [1.82, 2.24) is 5.32 Å². The van der Waals surface area contributed by atoms with E-state index in [1.165, 1.54) is 24.0 Å². The highest BCUT2D eigenvalue weighted by atomic mass is 16.3. The molecule has 2 heteroatoms. The number of phenolic OH excluding ortho intramolecular Hbond substituents is 1. The molecule has 0 bridgehead atoms. The summed E-state index contributed by atoms with van der Waals surface area (Å²) >= 11 is 0. The van der Waals surface area contributed by atoms with E-state index in [1.54, 1.807) is 6.07 Å². The number of aryl methyl sites for hydroxylation is 1. The number of rotatable bonds is 2. The Labute approximate surface area is 104 Å². The van der Waals surface area contributed by atoms with Crippen molar-refractivity contribution in [2.75, 3.05) is 6.54 Å². The Bertz CT molecular complexity index is 392. The van der Waals surface area contributed by atoms with Crippen molar-refractivity contribution >= 4 is 0 Å². The lowest BCUT2D eigenvalue weighted by molar-refractivity contribution is 0.336. The largest absolute Gasteiger partial charge is 0.508 e. The molecule has 1 atom stereocenters. The molecule has 0 spiro atoms. The number of hydrogen-bond acceptors (Lipinski definition) is 2. The van der Waals surface area contributed by atoms with Gasteiger partial charge in [-0.2, -0.15) is 0 Å². The summed E-state index contributed by atoms with van der Waals surface area (Å²) < 4.78 is 0. The van der Waals surface area contributed by atoms with Crippen LogP contribution in [0.5, 0.6) is 5.75 Å². The molecular weight excluding hydrogens is 210 g/mol. The topological polar surface area (TPSA) is 32.3 Å². The van der Waals surface area contributed by atoms with Gasteiger partial charge in [0.1, 0.15) is 5.75 Å². The fourth-order valence-corrected chi connectivity index (χ4v) is 2.44. The molecule has 0 aliphatic heterocycles. The van der Waals surface area contributed by atoms with Gasteiger partial charge in [0, 0.05) is 12.6 Å². The van der Waals surface area contributed by atoms with Crippen LogP contribution in [0.25, 0.3) is 0 Å². The van der Waals surface area contributed by atoms with Gasteiger partial charge < -0.3 is 10.4 Å². The molecular formula is C15H23NO. The lowest BCUT2D eigenvalue weighted by Gasteiger charge is -2.29. The summed E-state index contributed by atoms with van der Waals surface area (Å²) in [5.74, 6) is 0.389. The number of fused-ring (bicyclic) bond motifs is 1. The van der Waals surface area contributed by atoms with Crippen molar-refractivity contribution in [2.24, 2.45) is 5.41 Å². The van der Waals surface area contributed by atoms with Crippen LogP contribution >= 0.6 is 0 Å². The van der Waals surface area contributed by atoms with Crippen LogP contribution in [0.3, 0.4) is 0 Å². The number of hydrogen-bond donors (Lipinski definition) is 2. The SMILES string of the molecule is CC(C)(C)CNC1CCCc2cc(O)ccc21. The van der Waals surface area contributed by atoms with Crippen LogP contribution in [-0.4, -0.2) is 11.7 Å². The van der Waals surface area contributed by atoms with Gasteiger partial charge in [-0.3, -0.25) is 0 Å².